The van der Waals surface area contributed by atoms with Crippen LogP contribution in [-0.4, -0.2) is 16.9 Å². The number of ketones is 1. The summed E-state index contributed by atoms with van der Waals surface area (Å²) in [7, 11) is 0. The molecule has 0 spiro atoms. The Balaban J connectivity index is 2.46. The average molecular weight is 286 g/mol. The van der Waals surface area contributed by atoms with Crippen molar-refractivity contribution in [3.63, 3.8) is 0 Å². The Morgan fingerprint density at radius 3 is 2.30 bits per heavy atom. The predicted octanol–water partition coefficient (Wildman–Crippen LogP) is 3.17. The van der Waals surface area contributed by atoms with Gasteiger partial charge in [0.05, 0.1) is 11.0 Å². The van der Waals surface area contributed by atoms with Gasteiger partial charge in [-0.3, -0.25) is 9.59 Å². The first-order valence-corrected chi connectivity index (χ1v) is 6.18. The first kappa shape index (κ1) is 14.6. The van der Waals surface area contributed by atoms with Crippen LogP contribution in [0.5, 0.6) is 0 Å². The van der Waals surface area contributed by atoms with Gasteiger partial charge < -0.3 is 5.11 Å². The average Bonchev–Trinajstić information content (AvgIpc) is 2.39. The van der Waals surface area contributed by atoms with Gasteiger partial charge >= 0.3 is 12.1 Å². The third kappa shape index (κ3) is 2.55. The number of rotatable bonds is 2. The molecule has 1 aromatic rings. The Morgan fingerprint density at radius 2 is 1.80 bits per heavy atom. The molecular formula is C14H13F3O3. The van der Waals surface area contributed by atoms with Gasteiger partial charge in [-0.25, -0.2) is 0 Å². The van der Waals surface area contributed by atoms with E-state index in [4.69, 9.17) is 0 Å². The minimum Gasteiger partial charge on any atom is -0.481 e. The number of carboxylic acid groups (broad SMARTS) is 1. The molecule has 0 aliphatic heterocycles. The smallest absolute Gasteiger partial charge is 0.416 e. The van der Waals surface area contributed by atoms with Crippen molar-refractivity contribution < 1.29 is 27.9 Å². The van der Waals surface area contributed by atoms with Crippen LogP contribution in [0, 0.1) is 0 Å². The summed E-state index contributed by atoms with van der Waals surface area (Å²) in [5, 5.41) is 9.43. The van der Waals surface area contributed by atoms with Gasteiger partial charge in [0.25, 0.3) is 0 Å². The molecule has 0 amide bonds. The van der Waals surface area contributed by atoms with E-state index in [9.17, 15) is 27.9 Å². The lowest BCUT2D eigenvalue weighted by atomic mass is 9.69. The molecule has 0 aromatic heterocycles. The Kier molecular flexibility index (Phi) is 3.58. The van der Waals surface area contributed by atoms with Gasteiger partial charge in [0, 0.05) is 12.8 Å². The number of hydrogen-bond donors (Lipinski definition) is 1. The monoisotopic (exact) mass is 286 g/mol. The lowest BCUT2D eigenvalue weighted by molar-refractivity contribution is -0.146. The minimum atomic E-state index is -4.51. The van der Waals surface area contributed by atoms with Crippen molar-refractivity contribution in [1.82, 2.24) is 0 Å². The number of Topliss-reactive ketones (excluding diaryl/α,β-unsaturated/α-hetero) is 1. The summed E-state index contributed by atoms with van der Waals surface area (Å²) in [5.74, 6) is -1.22. The summed E-state index contributed by atoms with van der Waals surface area (Å²) in [5.41, 5.74) is -2.14. The standard InChI is InChI=1S/C14H13F3O3/c15-14(16,17)10-3-1-2-9(8-10)13(12(19)20)6-4-11(18)5-7-13/h1-3,8H,4-7H2,(H,19,20). The van der Waals surface area contributed by atoms with Gasteiger partial charge in [-0.05, 0) is 24.5 Å². The highest BCUT2D eigenvalue weighted by atomic mass is 19.4. The molecule has 0 unspecified atom stereocenters. The van der Waals surface area contributed by atoms with E-state index < -0.39 is 23.1 Å². The highest BCUT2D eigenvalue weighted by Crippen LogP contribution is 2.40. The molecule has 0 radical (unpaired) electrons. The molecule has 1 aromatic carbocycles. The first-order chi connectivity index (χ1) is 9.25. The molecule has 1 aliphatic rings. The highest BCUT2D eigenvalue weighted by Gasteiger charge is 2.44. The van der Waals surface area contributed by atoms with Crippen molar-refractivity contribution in [2.45, 2.75) is 37.3 Å². The van der Waals surface area contributed by atoms with Gasteiger partial charge in [-0.15, -0.1) is 0 Å². The second-order valence-corrected chi connectivity index (χ2v) is 5.00. The first-order valence-electron chi connectivity index (χ1n) is 6.18. The molecule has 3 nitrogen and oxygen atoms in total. The molecule has 0 saturated heterocycles. The fourth-order valence-electron chi connectivity index (χ4n) is 2.57. The number of aliphatic carboxylic acids is 1. The van der Waals surface area contributed by atoms with E-state index >= 15 is 0 Å². The maximum absolute atomic E-state index is 12.7. The van der Waals surface area contributed by atoms with E-state index in [2.05, 4.69) is 0 Å². The molecule has 1 aliphatic carbocycles. The van der Waals surface area contributed by atoms with Crippen LogP contribution in [0.25, 0.3) is 0 Å². The third-order valence-electron chi connectivity index (χ3n) is 3.81. The van der Waals surface area contributed by atoms with Crippen molar-refractivity contribution in [3.05, 3.63) is 35.4 Å². The van der Waals surface area contributed by atoms with Crippen LogP contribution in [0.3, 0.4) is 0 Å². The van der Waals surface area contributed by atoms with Crippen LogP contribution < -0.4 is 0 Å². The van der Waals surface area contributed by atoms with Crippen molar-refractivity contribution in [1.29, 1.82) is 0 Å². The summed E-state index contributed by atoms with van der Waals surface area (Å²) >= 11 is 0. The lowest BCUT2D eigenvalue weighted by Gasteiger charge is -2.33. The Morgan fingerprint density at radius 1 is 1.20 bits per heavy atom. The van der Waals surface area contributed by atoms with Gasteiger partial charge in [-0.1, -0.05) is 18.2 Å². The molecular weight excluding hydrogens is 273 g/mol. The fourth-order valence-corrected chi connectivity index (χ4v) is 2.57. The molecule has 1 saturated carbocycles. The summed E-state index contributed by atoms with van der Waals surface area (Å²) in [4.78, 5) is 22.8. The van der Waals surface area contributed by atoms with Gasteiger partial charge in [-0.2, -0.15) is 13.2 Å². The molecule has 0 heterocycles. The van der Waals surface area contributed by atoms with E-state index in [-0.39, 0.29) is 37.0 Å². The van der Waals surface area contributed by atoms with Crippen molar-refractivity contribution in [2.24, 2.45) is 0 Å². The molecule has 0 atom stereocenters. The molecule has 6 heteroatoms. The van der Waals surface area contributed by atoms with Crippen LogP contribution in [0.15, 0.2) is 24.3 Å². The lowest BCUT2D eigenvalue weighted by Crippen LogP contribution is -2.40. The fraction of sp³-hybridized carbons (Fsp3) is 0.429. The van der Waals surface area contributed by atoms with E-state index in [1.54, 1.807) is 0 Å². The zero-order valence-electron chi connectivity index (χ0n) is 10.5. The third-order valence-corrected chi connectivity index (χ3v) is 3.81. The van der Waals surface area contributed by atoms with E-state index in [0.29, 0.717) is 0 Å². The van der Waals surface area contributed by atoms with Gasteiger partial charge in [0.1, 0.15) is 5.78 Å². The number of halogens is 3. The number of alkyl halides is 3. The SMILES string of the molecule is O=C1CCC(C(=O)O)(c2cccc(C(F)(F)F)c2)CC1. The summed E-state index contributed by atoms with van der Waals surface area (Å²) in [6, 6.07) is 4.38. The van der Waals surface area contributed by atoms with Crippen LogP contribution in [0.2, 0.25) is 0 Å². The van der Waals surface area contributed by atoms with Crippen molar-refractivity contribution in [2.75, 3.05) is 0 Å². The van der Waals surface area contributed by atoms with Gasteiger partial charge in [0.15, 0.2) is 0 Å². The number of carbonyl (C=O) groups excluding carboxylic acids is 1. The van der Waals surface area contributed by atoms with E-state index in [0.717, 1.165) is 12.1 Å². The highest BCUT2D eigenvalue weighted by molar-refractivity contribution is 5.87. The zero-order valence-corrected chi connectivity index (χ0v) is 10.5. The minimum absolute atomic E-state index is 0.0441. The largest absolute Gasteiger partial charge is 0.481 e. The van der Waals surface area contributed by atoms with Crippen LogP contribution >= 0.6 is 0 Å². The quantitative estimate of drug-likeness (QED) is 0.908. The van der Waals surface area contributed by atoms with Crippen molar-refractivity contribution in [3.8, 4) is 0 Å². The summed E-state index contributed by atoms with van der Waals surface area (Å²) < 4.78 is 38.2. The van der Waals surface area contributed by atoms with Crippen LogP contribution in [0.4, 0.5) is 13.2 Å². The Hall–Kier alpha value is -1.85. The topological polar surface area (TPSA) is 54.4 Å². The number of hydrogen-bond acceptors (Lipinski definition) is 2. The summed E-state index contributed by atoms with van der Waals surface area (Å²) in [6.07, 6.45) is -4.25. The van der Waals surface area contributed by atoms with E-state index in [1.807, 2.05) is 0 Å². The normalized spacial score (nSPS) is 18.9. The van der Waals surface area contributed by atoms with E-state index in [1.165, 1.54) is 12.1 Å². The molecule has 108 valence electrons. The molecule has 2 rings (SSSR count). The maximum atomic E-state index is 12.7. The Bertz CT molecular complexity index is 539. The van der Waals surface area contributed by atoms with Crippen molar-refractivity contribution >= 4 is 11.8 Å². The molecule has 20 heavy (non-hydrogen) atoms. The summed E-state index contributed by atoms with van der Waals surface area (Å²) in [6.45, 7) is 0. The second-order valence-electron chi connectivity index (χ2n) is 5.00. The van der Waals surface area contributed by atoms with Crippen LogP contribution in [0.1, 0.15) is 36.8 Å². The number of benzene rings is 1. The van der Waals surface area contributed by atoms with Gasteiger partial charge in [0.2, 0.25) is 0 Å². The zero-order chi connectivity index (χ0) is 15.0. The molecule has 1 fully saturated rings. The molecule has 1 N–H and O–H groups in total. The van der Waals surface area contributed by atoms with Crippen LogP contribution in [-0.2, 0) is 21.2 Å². The second kappa shape index (κ2) is 4.92. The number of carboxylic acids is 1. The Labute approximate surface area is 113 Å². The molecule has 0 bridgehead atoms. The number of carbonyl (C=O) groups is 2. The predicted molar refractivity (Wildman–Crippen MR) is 64.2 cm³/mol. The maximum Gasteiger partial charge on any atom is 0.416 e.